The second-order valence-corrected chi connectivity index (χ2v) is 7.39. The minimum Gasteiger partial charge on any atom is -0.326 e. The first-order valence-corrected chi connectivity index (χ1v) is 8.96. The molecule has 4 heteroatoms. The normalized spacial score (nSPS) is 14.9. The summed E-state index contributed by atoms with van der Waals surface area (Å²) in [5.41, 5.74) is 6.44. The fourth-order valence-electron chi connectivity index (χ4n) is 2.49. The zero-order valence-electron chi connectivity index (χ0n) is 12.5. The van der Waals surface area contributed by atoms with E-state index in [1.54, 1.807) is 0 Å². The highest BCUT2D eigenvalue weighted by molar-refractivity contribution is 7.10. The second-order valence-electron chi connectivity index (χ2n) is 5.38. The standard InChI is InChI=1S/C16H24N2S2/c1-4-14(17)16(15-8-6-10-20-15)18(12(2)3)11-13-7-5-9-19-13/h5-10,12,14,16H,4,11,17H2,1-3H3. The van der Waals surface area contributed by atoms with E-state index in [9.17, 15) is 0 Å². The van der Waals surface area contributed by atoms with E-state index in [0.717, 1.165) is 13.0 Å². The molecule has 2 rings (SSSR count). The van der Waals surface area contributed by atoms with Crippen molar-refractivity contribution in [2.75, 3.05) is 0 Å². The van der Waals surface area contributed by atoms with Gasteiger partial charge in [-0.15, -0.1) is 22.7 Å². The molecule has 2 heterocycles. The van der Waals surface area contributed by atoms with Crippen molar-refractivity contribution in [3.05, 3.63) is 44.8 Å². The molecule has 2 unspecified atom stereocenters. The van der Waals surface area contributed by atoms with E-state index in [1.165, 1.54) is 9.75 Å². The molecule has 2 N–H and O–H groups in total. The lowest BCUT2D eigenvalue weighted by Gasteiger charge is -2.37. The number of nitrogens with zero attached hydrogens (tertiary/aromatic N) is 1. The highest BCUT2D eigenvalue weighted by Gasteiger charge is 2.28. The first kappa shape index (κ1) is 15.7. The molecular formula is C16H24N2S2. The maximum atomic E-state index is 6.44. The van der Waals surface area contributed by atoms with E-state index in [1.807, 2.05) is 22.7 Å². The summed E-state index contributed by atoms with van der Waals surface area (Å²) in [7, 11) is 0. The van der Waals surface area contributed by atoms with Gasteiger partial charge in [0, 0.05) is 28.4 Å². The SMILES string of the molecule is CCC(N)C(c1cccs1)N(Cc1cccs1)C(C)C. The molecule has 2 atom stereocenters. The molecule has 0 aliphatic carbocycles. The Labute approximate surface area is 130 Å². The van der Waals surface area contributed by atoms with Crippen molar-refractivity contribution in [3.63, 3.8) is 0 Å². The lowest BCUT2D eigenvalue weighted by atomic mass is 10.0. The van der Waals surface area contributed by atoms with Gasteiger partial charge in [-0.25, -0.2) is 0 Å². The molecule has 20 heavy (non-hydrogen) atoms. The summed E-state index contributed by atoms with van der Waals surface area (Å²) in [4.78, 5) is 5.32. The summed E-state index contributed by atoms with van der Waals surface area (Å²) in [6.07, 6.45) is 0.996. The van der Waals surface area contributed by atoms with Gasteiger partial charge in [0.05, 0.1) is 6.04 Å². The predicted octanol–water partition coefficient (Wildman–Crippen LogP) is 4.50. The van der Waals surface area contributed by atoms with Crippen molar-refractivity contribution >= 4 is 22.7 Å². The molecule has 0 aliphatic rings. The van der Waals surface area contributed by atoms with Gasteiger partial charge in [-0.3, -0.25) is 4.90 Å². The third-order valence-electron chi connectivity index (χ3n) is 3.65. The number of hydrogen-bond donors (Lipinski definition) is 1. The monoisotopic (exact) mass is 308 g/mol. The van der Waals surface area contributed by atoms with Crippen LogP contribution in [-0.4, -0.2) is 17.0 Å². The maximum Gasteiger partial charge on any atom is 0.0598 e. The third-order valence-corrected chi connectivity index (χ3v) is 5.45. The fraction of sp³-hybridized carbons (Fsp3) is 0.500. The van der Waals surface area contributed by atoms with Crippen LogP contribution in [0.15, 0.2) is 35.0 Å². The molecule has 0 aliphatic heterocycles. The molecule has 0 spiro atoms. The van der Waals surface area contributed by atoms with Crippen LogP contribution in [-0.2, 0) is 6.54 Å². The number of nitrogens with two attached hydrogens (primary N) is 1. The minimum atomic E-state index is 0.177. The van der Waals surface area contributed by atoms with E-state index >= 15 is 0 Å². The van der Waals surface area contributed by atoms with Crippen LogP contribution in [0.1, 0.15) is 43.0 Å². The molecule has 2 aromatic rings. The zero-order chi connectivity index (χ0) is 14.5. The Hall–Kier alpha value is -0.680. The summed E-state index contributed by atoms with van der Waals surface area (Å²) < 4.78 is 0. The quantitative estimate of drug-likeness (QED) is 0.816. The average molecular weight is 309 g/mol. The maximum absolute atomic E-state index is 6.44. The van der Waals surface area contributed by atoms with Crippen LogP contribution >= 0.6 is 22.7 Å². The van der Waals surface area contributed by atoms with Gasteiger partial charge in [-0.05, 0) is 43.2 Å². The van der Waals surface area contributed by atoms with Gasteiger partial charge < -0.3 is 5.73 Å². The molecule has 0 saturated carbocycles. The largest absolute Gasteiger partial charge is 0.326 e. The molecule has 0 radical (unpaired) electrons. The molecule has 0 aromatic carbocycles. The van der Waals surface area contributed by atoms with E-state index in [0.29, 0.717) is 12.1 Å². The topological polar surface area (TPSA) is 29.3 Å². The van der Waals surface area contributed by atoms with Crippen LogP contribution in [0.4, 0.5) is 0 Å². The summed E-state index contributed by atoms with van der Waals surface area (Å²) in [5, 5.41) is 4.29. The first-order chi connectivity index (χ1) is 9.63. The predicted molar refractivity (Wildman–Crippen MR) is 90.3 cm³/mol. The van der Waals surface area contributed by atoms with Crippen LogP contribution in [0.25, 0.3) is 0 Å². The molecular weight excluding hydrogens is 284 g/mol. The Kier molecular flexibility index (Phi) is 5.78. The Balaban J connectivity index is 2.27. The molecule has 2 aromatic heterocycles. The molecule has 0 saturated heterocycles. The molecule has 0 fully saturated rings. The van der Waals surface area contributed by atoms with E-state index in [-0.39, 0.29) is 6.04 Å². The van der Waals surface area contributed by atoms with E-state index in [2.05, 4.69) is 60.7 Å². The Morgan fingerprint density at radius 3 is 2.35 bits per heavy atom. The van der Waals surface area contributed by atoms with Crippen molar-refractivity contribution < 1.29 is 0 Å². The van der Waals surface area contributed by atoms with E-state index in [4.69, 9.17) is 5.73 Å². The lowest BCUT2D eigenvalue weighted by Crippen LogP contribution is -2.43. The molecule has 2 nitrogen and oxygen atoms in total. The van der Waals surface area contributed by atoms with Crippen molar-refractivity contribution in [1.82, 2.24) is 4.90 Å². The van der Waals surface area contributed by atoms with Crippen molar-refractivity contribution in [3.8, 4) is 0 Å². The van der Waals surface area contributed by atoms with Crippen LogP contribution < -0.4 is 5.73 Å². The molecule has 0 amide bonds. The first-order valence-electron chi connectivity index (χ1n) is 7.20. The van der Waals surface area contributed by atoms with Crippen molar-refractivity contribution in [1.29, 1.82) is 0 Å². The Morgan fingerprint density at radius 1 is 1.15 bits per heavy atom. The zero-order valence-corrected chi connectivity index (χ0v) is 14.1. The van der Waals surface area contributed by atoms with Crippen LogP contribution in [0.3, 0.4) is 0 Å². The summed E-state index contributed by atoms with van der Waals surface area (Å²) >= 11 is 3.64. The summed E-state index contributed by atoms with van der Waals surface area (Å²) in [5.74, 6) is 0. The van der Waals surface area contributed by atoms with E-state index < -0.39 is 0 Å². The van der Waals surface area contributed by atoms with Crippen molar-refractivity contribution in [2.45, 2.75) is 51.9 Å². The van der Waals surface area contributed by atoms with Gasteiger partial charge in [-0.1, -0.05) is 19.1 Å². The smallest absolute Gasteiger partial charge is 0.0598 e. The molecule has 0 bridgehead atoms. The third kappa shape index (κ3) is 3.70. The summed E-state index contributed by atoms with van der Waals surface area (Å²) in [6.45, 7) is 7.67. The van der Waals surface area contributed by atoms with Gasteiger partial charge in [0.25, 0.3) is 0 Å². The van der Waals surface area contributed by atoms with Gasteiger partial charge in [0.1, 0.15) is 0 Å². The number of hydrogen-bond acceptors (Lipinski definition) is 4. The van der Waals surface area contributed by atoms with Gasteiger partial charge in [-0.2, -0.15) is 0 Å². The lowest BCUT2D eigenvalue weighted by molar-refractivity contribution is 0.125. The van der Waals surface area contributed by atoms with Crippen molar-refractivity contribution in [2.24, 2.45) is 5.73 Å². The van der Waals surface area contributed by atoms with Gasteiger partial charge in [0.15, 0.2) is 0 Å². The van der Waals surface area contributed by atoms with Gasteiger partial charge in [0.2, 0.25) is 0 Å². The number of rotatable bonds is 7. The minimum absolute atomic E-state index is 0.177. The summed E-state index contributed by atoms with van der Waals surface area (Å²) in [6, 6.07) is 9.63. The second kappa shape index (κ2) is 7.36. The van der Waals surface area contributed by atoms with Crippen LogP contribution in [0.2, 0.25) is 0 Å². The molecule has 110 valence electrons. The van der Waals surface area contributed by atoms with Gasteiger partial charge >= 0.3 is 0 Å². The van der Waals surface area contributed by atoms with Crippen LogP contribution in [0, 0.1) is 0 Å². The van der Waals surface area contributed by atoms with Crippen LogP contribution in [0.5, 0.6) is 0 Å². The Morgan fingerprint density at radius 2 is 1.85 bits per heavy atom. The highest BCUT2D eigenvalue weighted by Crippen LogP contribution is 2.32. The average Bonchev–Trinajstić information content (AvgIpc) is 3.10. The number of thiophene rings is 2. The highest BCUT2D eigenvalue weighted by atomic mass is 32.1. The Bertz CT molecular complexity index is 477. The fourth-order valence-corrected chi connectivity index (χ4v) is 4.12.